The highest BCUT2D eigenvalue weighted by atomic mass is 79.9. The molecule has 0 atom stereocenters. The zero-order chi connectivity index (χ0) is 14.6. The molecule has 0 saturated heterocycles. The monoisotopic (exact) mass is 342 g/mol. The average molecular weight is 343 g/mol. The Kier molecular flexibility index (Phi) is 5.54. The van der Waals surface area contributed by atoms with Crippen molar-refractivity contribution in [1.82, 2.24) is 9.55 Å². The molecule has 1 aromatic heterocycles. The maximum Gasteiger partial charge on any atom is 0.411 e. The number of alkyl halides is 3. The fourth-order valence-corrected chi connectivity index (χ4v) is 1.86. The summed E-state index contributed by atoms with van der Waals surface area (Å²) in [5, 5.41) is 0. The van der Waals surface area contributed by atoms with Crippen molar-refractivity contribution in [2.45, 2.75) is 33.0 Å². The van der Waals surface area contributed by atoms with E-state index in [1.165, 1.54) is 4.57 Å². The first-order chi connectivity index (χ1) is 8.72. The lowest BCUT2D eigenvalue weighted by atomic mass is 10.3. The molecule has 8 heteroatoms. The molecule has 0 fully saturated rings. The summed E-state index contributed by atoms with van der Waals surface area (Å²) in [7, 11) is 0. The van der Waals surface area contributed by atoms with Crippen LogP contribution in [0.2, 0.25) is 0 Å². The first-order valence-corrected chi connectivity index (χ1v) is 6.39. The van der Waals surface area contributed by atoms with Crippen LogP contribution in [0.25, 0.3) is 0 Å². The Balaban J connectivity index is 2.55. The van der Waals surface area contributed by atoms with Crippen molar-refractivity contribution in [3.05, 3.63) is 26.3 Å². The third kappa shape index (κ3) is 4.94. The van der Waals surface area contributed by atoms with E-state index < -0.39 is 18.5 Å². The summed E-state index contributed by atoms with van der Waals surface area (Å²) in [5.74, 6) is 0. The van der Waals surface area contributed by atoms with Crippen LogP contribution in [0.15, 0.2) is 9.27 Å². The molecule has 19 heavy (non-hydrogen) atoms. The van der Waals surface area contributed by atoms with Gasteiger partial charge >= 0.3 is 11.9 Å². The van der Waals surface area contributed by atoms with Crippen LogP contribution < -0.4 is 5.69 Å². The molecule has 0 aliphatic rings. The van der Waals surface area contributed by atoms with E-state index in [1.54, 1.807) is 13.8 Å². The number of hydrogen-bond acceptors (Lipinski definition) is 3. The molecular weight excluding hydrogens is 329 g/mol. The third-order valence-electron chi connectivity index (χ3n) is 2.47. The lowest BCUT2D eigenvalue weighted by molar-refractivity contribution is -0.174. The van der Waals surface area contributed by atoms with Crippen molar-refractivity contribution in [2.75, 3.05) is 13.2 Å². The van der Waals surface area contributed by atoms with E-state index in [9.17, 15) is 18.0 Å². The van der Waals surface area contributed by atoms with Crippen molar-refractivity contribution in [2.24, 2.45) is 0 Å². The van der Waals surface area contributed by atoms with Gasteiger partial charge in [0.25, 0.3) is 0 Å². The predicted molar refractivity (Wildman–Crippen MR) is 67.2 cm³/mol. The van der Waals surface area contributed by atoms with Crippen LogP contribution in [0, 0.1) is 13.8 Å². The van der Waals surface area contributed by atoms with Crippen molar-refractivity contribution < 1.29 is 17.9 Å². The normalized spacial score (nSPS) is 11.9. The Labute approximate surface area is 116 Å². The summed E-state index contributed by atoms with van der Waals surface area (Å²) in [5.41, 5.74) is 0.884. The molecule has 0 aliphatic carbocycles. The fraction of sp³-hybridized carbons (Fsp3) is 0.636. The standard InChI is InChI=1S/C11H14BrF3N2O2/c1-7-9(12)8(2)17(10(18)16-7)4-3-5-19-6-11(13,14)15/h3-6H2,1-2H3. The molecule has 108 valence electrons. The Bertz CT molecular complexity index is 500. The van der Waals surface area contributed by atoms with Gasteiger partial charge in [-0.3, -0.25) is 4.57 Å². The molecule has 0 amide bonds. The number of ether oxygens (including phenoxy) is 1. The van der Waals surface area contributed by atoms with E-state index in [4.69, 9.17) is 0 Å². The molecule has 0 radical (unpaired) electrons. The van der Waals surface area contributed by atoms with Gasteiger partial charge < -0.3 is 4.74 Å². The topological polar surface area (TPSA) is 44.1 Å². The van der Waals surface area contributed by atoms with Crippen LogP contribution >= 0.6 is 15.9 Å². The van der Waals surface area contributed by atoms with Gasteiger partial charge in [-0.2, -0.15) is 18.2 Å². The Morgan fingerprint density at radius 2 is 2.00 bits per heavy atom. The molecule has 0 N–H and O–H groups in total. The molecule has 0 bridgehead atoms. The van der Waals surface area contributed by atoms with Crippen LogP contribution in [0.5, 0.6) is 0 Å². The highest BCUT2D eigenvalue weighted by Gasteiger charge is 2.27. The smallest absolute Gasteiger partial charge is 0.372 e. The number of aromatic nitrogens is 2. The molecular formula is C11H14BrF3N2O2. The first-order valence-electron chi connectivity index (χ1n) is 5.60. The number of halogens is 4. The zero-order valence-electron chi connectivity index (χ0n) is 10.6. The Morgan fingerprint density at radius 3 is 2.58 bits per heavy atom. The van der Waals surface area contributed by atoms with Gasteiger partial charge in [0.1, 0.15) is 6.61 Å². The molecule has 0 spiro atoms. The Hall–Kier alpha value is -0.890. The van der Waals surface area contributed by atoms with Gasteiger partial charge in [0, 0.05) is 18.8 Å². The first kappa shape index (κ1) is 16.2. The molecule has 0 aromatic carbocycles. The van der Waals surface area contributed by atoms with Crippen LogP contribution in [-0.4, -0.2) is 28.9 Å². The van der Waals surface area contributed by atoms with Gasteiger partial charge in [0.2, 0.25) is 0 Å². The van der Waals surface area contributed by atoms with Gasteiger partial charge in [0.15, 0.2) is 0 Å². The minimum Gasteiger partial charge on any atom is -0.372 e. The van der Waals surface area contributed by atoms with E-state index >= 15 is 0 Å². The molecule has 1 aromatic rings. The lowest BCUT2D eigenvalue weighted by Crippen LogP contribution is -2.27. The second kappa shape index (κ2) is 6.51. The molecule has 0 saturated carbocycles. The molecule has 0 aliphatic heterocycles. The number of rotatable bonds is 5. The number of hydrogen-bond donors (Lipinski definition) is 0. The maximum atomic E-state index is 11.8. The second-order valence-corrected chi connectivity index (χ2v) is 4.85. The molecule has 1 rings (SSSR count). The zero-order valence-corrected chi connectivity index (χ0v) is 12.1. The lowest BCUT2D eigenvalue weighted by Gasteiger charge is -2.12. The molecule has 0 unspecified atom stereocenters. The minimum absolute atomic E-state index is 0.0586. The van der Waals surface area contributed by atoms with E-state index in [0.717, 1.165) is 4.47 Å². The summed E-state index contributed by atoms with van der Waals surface area (Å²) in [6.07, 6.45) is -4.00. The third-order valence-corrected chi connectivity index (χ3v) is 3.62. The van der Waals surface area contributed by atoms with Gasteiger partial charge in [-0.1, -0.05) is 0 Å². The van der Waals surface area contributed by atoms with Crippen molar-refractivity contribution >= 4 is 15.9 Å². The minimum atomic E-state index is -4.32. The quantitative estimate of drug-likeness (QED) is 0.772. The van der Waals surface area contributed by atoms with E-state index in [-0.39, 0.29) is 13.2 Å². The van der Waals surface area contributed by atoms with Gasteiger partial charge in [0.05, 0.1) is 10.2 Å². The fourth-order valence-electron chi connectivity index (χ4n) is 1.55. The highest BCUT2D eigenvalue weighted by Crippen LogP contribution is 2.17. The van der Waals surface area contributed by atoms with E-state index in [1.807, 2.05) is 0 Å². The number of nitrogens with zero attached hydrogens (tertiary/aromatic N) is 2. The predicted octanol–water partition coefficient (Wildman–Crippen LogP) is 2.59. The van der Waals surface area contributed by atoms with Crippen molar-refractivity contribution in [3.63, 3.8) is 0 Å². The van der Waals surface area contributed by atoms with E-state index in [2.05, 4.69) is 25.7 Å². The SMILES string of the molecule is Cc1nc(=O)n(CCCOCC(F)(F)F)c(C)c1Br. The van der Waals surface area contributed by atoms with Gasteiger partial charge in [-0.05, 0) is 36.2 Å². The molecule has 4 nitrogen and oxygen atoms in total. The summed E-state index contributed by atoms with van der Waals surface area (Å²) in [6.45, 7) is 2.40. The largest absolute Gasteiger partial charge is 0.411 e. The van der Waals surface area contributed by atoms with Crippen molar-refractivity contribution in [3.8, 4) is 0 Å². The van der Waals surface area contributed by atoms with Crippen molar-refractivity contribution in [1.29, 1.82) is 0 Å². The van der Waals surface area contributed by atoms with Gasteiger partial charge in [-0.25, -0.2) is 4.79 Å². The second-order valence-electron chi connectivity index (χ2n) is 4.05. The summed E-state index contributed by atoms with van der Waals surface area (Å²) in [4.78, 5) is 15.5. The molecule has 1 heterocycles. The highest BCUT2D eigenvalue weighted by molar-refractivity contribution is 9.10. The summed E-state index contributed by atoms with van der Waals surface area (Å²) in [6, 6.07) is 0. The summed E-state index contributed by atoms with van der Waals surface area (Å²) < 4.78 is 42.1. The van der Waals surface area contributed by atoms with Crippen LogP contribution in [0.1, 0.15) is 17.8 Å². The maximum absolute atomic E-state index is 11.8. The number of aryl methyl sites for hydroxylation is 1. The average Bonchev–Trinajstić information content (AvgIpc) is 2.28. The van der Waals surface area contributed by atoms with Gasteiger partial charge in [-0.15, -0.1) is 0 Å². The van der Waals surface area contributed by atoms with Crippen LogP contribution in [0.3, 0.4) is 0 Å². The summed E-state index contributed by atoms with van der Waals surface area (Å²) >= 11 is 3.31. The Morgan fingerprint density at radius 1 is 1.37 bits per heavy atom. The van der Waals surface area contributed by atoms with Crippen LogP contribution in [-0.2, 0) is 11.3 Å². The van der Waals surface area contributed by atoms with Crippen LogP contribution in [0.4, 0.5) is 13.2 Å². The van der Waals surface area contributed by atoms with E-state index in [0.29, 0.717) is 17.8 Å².